The fraction of sp³-hybridized carbons (Fsp3) is 0.333. The molecule has 0 radical (unpaired) electrons. The van der Waals surface area contributed by atoms with Crippen molar-refractivity contribution in [1.82, 2.24) is 0 Å². The molecule has 0 aliphatic heterocycles. The second-order valence-corrected chi connectivity index (χ2v) is 5.58. The van der Waals surface area contributed by atoms with E-state index in [0.29, 0.717) is 0 Å². The van der Waals surface area contributed by atoms with Crippen LogP contribution in [0.5, 0.6) is 0 Å². The van der Waals surface area contributed by atoms with Gasteiger partial charge in [0.15, 0.2) is 0 Å². The molecule has 20 heavy (non-hydrogen) atoms. The third-order valence-corrected chi connectivity index (χ3v) is 1.89. The minimum absolute atomic E-state index is 1.08. The van der Waals surface area contributed by atoms with Crippen LogP contribution in [0.1, 0.15) is 18.1 Å². The Morgan fingerprint density at radius 1 is 1.15 bits per heavy atom. The Bertz CT molecular complexity index is 458. The maximum atomic E-state index is 8.88. The third-order valence-electron chi connectivity index (χ3n) is 1.89. The average molecular weight is 331 g/mol. The molecule has 0 heterocycles. The largest absolute Gasteiger partial charge is 0.756 e. The van der Waals surface area contributed by atoms with E-state index in [2.05, 4.69) is 37.8 Å². The van der Waals surface area contributed by atoms with Gasteiger partial charge in [0.1, 0.15) is 5.69 Å². The summed E-state index contributed by atoms with van der Waals surface area (Å²) in [6, 6.07) is 6.32. The molecule has 0 aliphatic carbocycles. The first-order valence-electron chi connectivity index (χ1n) is 5.21. The summed E-state index contributed by atoms with van der Waals surface area (Å²) in [5, 5.41) is 0. The molecule has 11 heteroatoms. The van der Waals surface area contributed by atoms with E-state index < -0.39 is 15.6 Å². The maximum Gasteiger partial charge on any atom is 0.466 e. The lowest BCUT2D eigenvalue weighted by Gasteiger charge is -2.01. The first-order valence-corrected chi connectivity index (χ1v) is 8.30. The number of phosphoric acid groups is 2. The Labute approximate surface area is 116 Å². The number of rotatable bonds is 1. The topological polar surface area (TPSA) is 186 Å². The van der Waals surface area contributed by atoms with Gasteiger partial charge in [-0.05, 0) is 13.3 Å². The van der Waals surface area contributed by atoms with Crippen LogP contribution in [-0.2, 0) is 15.6 Å². The lowest BCUT2D eigenvalue weighted by Crippen LogP contribution is -2.42. The van der Waals surface area contributed by atoms with Gasteiger partial charge in [0, 0.05) is 11.1 Å². The normalized spacial score (nSPS) is 10.8. The molecule has 0 saturated carbocycles. The number of quaternary nitrogens is 1. The lowest BCUT2D eigenvalue weighted by molar-refractivity contribution is -0.256. The second-order valence-electron chi connectivity index (χ2n) is 3.57. The first kappa shape index (κ1) is 21.7. The van der Waals surface area contributed by atoms with Gasteiger partial charge in [0.05, 0.1) is 0 Å². The van der Waals surface area contributed by atoms with E-state index in [4.69, 9.17) is 38.5 Å². The highest BCUT2D eigenvalue weighted by Gasteiger charge is 2.01. The molecule has 1 rings (SSSR count). The Morgan fingerprint density at radius 3 is 1.75 bits per heavy atom. The predicted molar refractivity (Wildman–Crippen MR) is 69.4 cm³/mol. The molecule has 0 spiro atoms. The molecule has 8 N–H and O–H groups in total. The number of hydrogen-bond acceptors (Lipinski definition) is 3. The van der Waals surface area contributed by atoms with Gasteiger partial charge in [0.2, 0.25) is 0 Å². The van der Waals surface area contributed by atoms with Crippen LogP contribution >= 0.6 is 15.6 Å². The molecule has 0 bridgehead atoms. The van der Waals surface area contributed by atoms with Gasteiger partial charge < -0.3 is 35.1 Å². The third kappa shape index (κ3) is 19.7. The number of aryl methyl sites for hydroxylation is 2. The molecule has 1 aromatic carbocycles. The quantitative estimate of drug-likeness (QED) is 0.351. The van der Waals surface area contributed by atoms with Crippen molar-refractivity contribution in [2.24, 2.45) is 0 Å². The van der Waals surface area contributed by atoms with Gasteiger partial charge >= 0.3 is 7.82 Å². The fourth-order valence-electron chi connectivity index (χ4n) is 1.09. The standard InChI is InChI=1S/C9H13N.2H3O4P/c1-3-8-6-4-5-7(2)9(8)10;2*1-5(2,3)4/h4-6H,3,10H2,1-2H3;2*(H3,1,2,3,4). The lowest BCUT2D eigenvalue weighted by atomic mass is 10.1. The highest BCUT2D eigenvalue weighted by atomic mass is 31.2. The van der Waals surface area contributed by atoms with Crippen LogP contribution in [0.25, 0.3) is 0 Å². The van der Waals surface area contributed by atoms with Crippen LogP contribution in [0, 0.1) is 6.92 Å². The molecule has 0 saturated heterocycles. The van der Waals surface area contributed by atoms with Crippen molar-refractivity contribution >= 4 is 21.3 Å². The van der Waals surface area contributed by atoms with E-state index >= 15 is 0 Å². The molecule has 1 aromatic rings. The Hall–Kier alpha value is -0.600. The van der Waals surface area contributed by atoms with E-state index in [9.17, 15) is 0 Å². The van der Waals surface area contributed by atoms with Crippen LogP contribution in [0.2, 0.25) is 0 Å². The first-order chi connectivity index (χ1) is 8.75. The molecular weight excluding hydrogens is 312 g/mol. The molecule has 118 valence electrons. The molecular formula is C9H19NO8P2. The Balaban J connectivity index is 0. The smallest absolute Gasteiger partial charge is 0.466 e. The van der Waals surface area contributed by atoms with Gasteiger partial charge in [-0.2, -0.15) is 0 Å². The van der Waals surface area contributed by atoms with E-state index in [1.165, 1.54) is 16.8 Å². The molecule has 0 fully saturated rings. The van der Waals surface area contributed by atoms with E-state index in [0.717, 1.165) is 6.42 Å². The van der Waals surface area contributed by atoms with Gasteiger partial charge in [-0.1, -0.05) is 25.1 Å². The van der Waals surface area contributed by atoms with E-state index in [1.807, 2.05) is 0 Å². The average Bonchev–Trinajstić information content (AvgIpc) is 2.17. The van der Waals surface area contributed by atoms with Crippen molar-refractivity contribution in [2.75, 3.05) is 0 Å². The van der Waals surface area contributed by atoms with Gasteiger partial charge in [0.25, 0.3) is 7.82 Å². The Kier molecular flexibility index (Phi) is 10.1. The minimum atomic E-state index is -4.89. The summed E-state index contributed by atoms with van der Waals surface area (Å²) in [5.41, 5.74) is 7.84. The number of benzene rings is 1. The van der Waals surface area contributed by atoms with Crippen molar-refractivity contribution in [1.29, 1.82) is 0 Å². The molecule has 0 aromatic heterocycles. The minimum Gasteiger partial charge on any atom is -0.756 e. The van der Waals surface area contributed by atoms with Crippen molar-refractivity contribution in [3.05, 3.63) is 29.3 Å². The van der Waals surface area contributed by atoms with Gasteiger partial charge in [-0.25, -0.2) is 4.57 Å². The fourth-order valence-corrected chi connectivity index (χ4v) is 1.09. The zero-order valence-electron chi connectivity index (χ0n) is 11.0. The van der Waals surface area contributed by atoms with Gasteiger partial charge in [-0.15, -0.1) is 0 Å². The van der Waals surface area contributed by atoms with E-state index in [1.54, 1.807) is 0 Å². The molecule has 0 aliphatic rings. The molecule has 9 nitrogen and oxygen atoms in total. The SMILES string of the molecule is CCc1cccc(C)c1[NH3+].O=P(O)(O)O.O=P([O-])(O)O. The number of hydrogen-bond donors (Lipinski definition) is 6. The Morgan fingerprint density at radius 2 is 1.50 bits per heavy atom. The van der Waals surface area contributed by atoms with Gasteiger partial charge in [-0.3, -0.25) is 4.57 Å². The summed E-state index contributed by atoms with van der Waals surface area (Å²) < 4.78 is 17.7. The predicted octanol–water partition coefficient (Wildman–Crippen LogP) is -1.06. The summed E-state index contributed by atoms with van der Waals surface area (Å²) in [4.78, 5) is 44.5. The monoisotopic (exact) mass is 331 g/mol. The summed E-state index contributed by atoms with van der Waals surface area (Å²) in [5.74, 6) is 0. The van der Waals surface area contributed by atoms with Crippen LogP contribution in [0.3, 0.4) is 0 Å². The van der Waals surface area contributed by atoms with Crippen molar-refractivity contribution in [2.45, 2.75) is 20.3 Å². The maximum absolute atomic E-state index is 8.88. The highest BCUT2D eigenvalue weighted by molar-refractivity contribution is 7.45. The van der Waals surface area contributed by atoms with Crippen LogP contribution in [0.4, 0.5) is 5.69 Å². The highest BCUT2D eigenvalue weighted by Crippen LogP contribution is 2.25. The van der Waals surface area contributed by atoms with Crippen LogP contribution in [-0.4, -0.2) is 24.5 Å². The summed E-state index contributed by atoms with van der Waals surface area (Å²) >= 11 is 0. The second kappa shape index (κ2) is 9.36. The van der Waals surface area contributed by atoms with Crippen LogP contribution < -0.4 is 10.6 Å². The molecule has 0 amide bonds. The zero-order valence-corrected chi connectivity index (χ0v) is 12.8. The molecule has 0 unspecified atom stereocenters. The summed E-state index contributed by atoms with van der Waals surface area (Å²) in [6.07, 6.45) is 1.08. The zero-order chi connectivity index (χ0) is 16.6. The summed E-state index contributed by atoms with van der Waals surface area (Å²) in [6.45, 7) is 4.25. The van der Waals surface area contributed by atoms with Crippen molar-refractivity contribution in [3.63, 3.8) is 0 Å². The van der Waals surface area contributed by atoms with Crippen LogP contribution in [0.15, 0.2) is 18.2 Å². The summed E-state index contributed by atoms with van der Waals surface area (Å²) in [7, 11) is -9.53. The van der Waals surface area contributed by atoms with E-state index in [-0.39, 0.29) is 0 Å². The molecule has 0 atom stereocenters. The van der Waals surface area contributed by atoms with Crippen molar-refractivity contribution < 1.29 is 44.2 Å². The van der Waals surface area contributed by atoms with Crippen molar-refractivity contribution in [3.8, 4) is 0 Å².